The molecule has 26 heavy (non-hydrogen) atoms. The summed E-state index contributed by atoms with van der Waals surface area (Å²) in [5.74, 6) is 1.98. The third-order valence-corrected chi connectivity index (χ3v) is 5.14. The van der Waals surface area contributed by atoms with Gasteiger partial charge in [-0.1, -0.05) is 12.1 Å². The first kappa shape index (κ1) is 17.2. The van der Waals surface area contributed by atoms with E-state index in [1.807, 2.05) is 6.92 Å². The Morgan fingerprint density at radius 2 is 1.88 bits per heavy atom. The molecule has 0 bridgehead atoms. The molecule has 2 aromatic rings. The molecule has 0 spiro atoms. The van der Waals surface area contributed by atoms with E-state index in [2.05, 4.69) is 15.2 Å². The third-order valence-electron chi connectivity index (χ3n) is 5.14. The van der Waals surface area contributed by atoms with Crippen LogP contribution in [0.25, 0.3) is 0 Å². The monoisotopic (exact) mass is 356 g/mol. The molecule has 1 aromatic heterocycles. The van der Waals surface area contributed by atoms with Crippen molar-refractivity contribution in [3.63, 3.8) is 0 Å². The number of aromatic nitrogens is 2. The Hall–Kier alpha value is -2.21. The van der Waals surface area contributed by atoms with Crippen molar-refractivity contribution >= 4 is 5.82 Å². The van der Waals surface area contributed by atoms with E-state index in [1.54, 1.807) is 18.2 Å². The van der Waals surface area contributed by atoms with Gasteiger partial charge in [-0.2, -0.15) is 0 Å². The van der Waals surface area contributed by atoms with Crippen LogP contribution in [0.2, 0.25) is 0 Å². The van der Waals surface area contributed by atoms with Crippen LogP contribution in [0, 0.1) is 12.7 Å². The molecular formula is C20H25FN4O. The molecule has 4 rings (SSSR count). The molecule has 2 aliphatic rings. The Balaban J connectivity index is 1.47. The summed E-state index contributed by atoms with van der Waals surface area (Å²) in [6, 6.07) is 6.63. The molecule has 1 saturated heterocycles. The number of aryl methyl sites for hydroxylation is 1. The normalized spacial score (nSPS) is 18.3. The minimum atomic E-state index is -0.292. The van der Waals surface area contributed by atoms with Gasteiger partial charge >= 0.3 is 0 Å². The maximum atomic E-state index is 13.8. The van der Waals surface area contributed by atoms with Crippen molar-refractivity contribution in [3.05, 3.63) is 47.2 Å². The number of para-hydroxylation sites is 1. The predicted octanol–water partition coefficient (Wildman–Crippen LogP) is 2.66. The molecule has 138 valence electrons. The molecule has 1 aromatic carbocycles. The SMILES string of the molecule is Cc1nc2c(c(N3CCC(Oc4ccccc4F)CC3)n1)CCNCC2. The number of ether oxygens (including phenoxy) is 1. The average molecular weight is 356 g/mol. The molecule has 2 aliphatic heterocycles. The number of nitrogens with one attached hydrogen (secondary N) is 1. The summed E-state index contributed by atoms with van der Waals surface area (Å²) in [4.78, 5) is 11.8. The van der Waals surface area contributed by atoms with Gasteiger partial charge in [-0.3, -0.25) is 0 Å². The van der Waals surface area contributed by atoms with Gasteiger partial charge in [0.05, 0.1) is 5.69 Å². The van der Waals surface area contributed by atoms with Gasteiger partial charge in [-0.25, -0.2) is 14.4 Å². The van der Waals surface area contributed by atoms with Gasteiger partial charge in [0.15, 0.2) is 11.6 Å². The Morgan fingerprint density at radius 3 is 2.69 bits per heavy atom. The lowest BCUT2D eigenvalue weighted by molar-refractivity contribution is 0.163. The maximum absolute atomic E-state index is 13.8. The van der Waals surface area contributed by atoms with Crippen LogP contribution in [0.3, 0.4) is 0 Å². The van der Waals surface area contributed by atoms with E-state index in [0.717, 1.165) is 63.5 Å². The van der Waals surface area contributed by atoms with Crippen molar-refractivity contribution in [1.29, 1.82) is 0 Å². The highest BCUT2D eigenvalue weighted by Gasteiger charge is 2.26. The standard InChI is InChI=1S/C20H25FN4O/c1-14-23-18-7-11-22-10-6-16(18)20(24-14)25-12-8-15(9-13-25)26-19-5-3-2-4-17(19)21/h2-5,15,22H,6-13H2,1H3. The molecule has 0 unspecified atom stereocenters. The summed E-state index contributed by atoms with van der Waals surface area (Å²) < 4.78 is 19.7. The first-order valence-corrected chi connectivity index (χ1v) is 9.44. The Bertz CT molecular complexity index is 774. The second-order valence-electron chi connectivity index (χ2n) is 7.00. The number of rotatable bonds is 3. The zero-order valence-corrected chi connectivity index (χ0v) is 15.2. The molecule has 5 nitrogen and oxygen atoms in total. The van der Waals surface area contributed by atoms with Gasteiger partial charge in [0.2, 0.25) is 0 Å². The Kier molecular flexibility index (Phi) is 5.02. The van der Waals surface area contributed by atoms with Gasteiger partial charge in [-0.15, -0.1) is 0 Å². The Labute approximate surface area is 153 Å². The van der Waals surface area contributed by atoms with E-state index < -0.39 is 0 Å². The van der Waals surface area contributed by atoms with Gasteiger partial charge in [0.25, 0.3) is 0 Å². The molecule has 1 N–H and O–H groups in total. The first-order valence-electron chi connectivity index (χ1n) is 9.44. The van der Waals surface area contributed by atoms with E-state index in [1.165, 1.54) is 17.3 Å². The summed E-state index contributed by atoms with van der Waals surface area (Å²) in [5, 5.41) is 3.44. The molecule has 3 heterocycles. The summed E-state index contributed by atoms with van der Waals surface area (Å²) in [5.41, 5.74) is 2.47. The van der Waals surface area contributed by atoms with Crippen molar-refractivity contribution in [2.45, 2.75) is 38.7 Å². The summed E-state index contributed by atoms with van der Waals surface area (Å²) >= 11 is 0. The lowest BCUT2D eigenvalue weighted by Crippen LogP contribution is -2.39. The highest BCUT2D eigenvalue weighted by molar-refractivity contribution is 5.50. The molecule has 0 saturated carbocycles. The highest BCUT2D eigenvalue weighted by atomic mass is 19.1. The van der Waals surface area contributed by atoms with Gasteiger partial charge in [0, 0.05) is 44.5 Å². The van der Waals surface area contributed by atoms with Crippen LogP contribution in [0.5, 0.6) is 5.75 Å². The van der Waals surface area contributed by atoms with Crippen LogP contribution in [-0.4, -0.2) is 42.3 Å². The maximum Gasteiger partial charge on any atom is 0.165 e. The zero-order valence-electron chi connectivity index (χ0n) is 15.2. The van der Waals surface area contributed by atoms with Crippen LogP contribution in [0.1, 0.15) is 29.9 Å². The first-order chi connectivity index (χ1) is 12.7. The minimum absolute atomic E-state index is 0.0476. The van der Waals surface area contributed by atoms with E-state index in [-0.39, 0.29) is 11.9 Å². The summed E-state index contributed by atoms with van der Waals surface area (Å²) in [6.07, 6.45) is 3.70. The summed E-state index contributed by atoms with van der Waals surface area (Å²) in [7, 11) is 0. The van der Waals surface area contributed by atoms with Crippen molar-refractivity contribution in [2.24, 2.45) is 0 Å². The number of halogens is 1. The fourth-order valence-corrected chi connectivity index (χ4v) is 3.81. The van der Waals surface area contributed by atoms with Gasteiger partial charge < -0.3 is 15.0 Å². The molecule has 1 fully saturated rings. The van der Waals surface area contributed by atoms with E-state index in [9.17, 15) is 4.39 Å². The zero-order chi connectivity index (χ0) is 17.9. The van der Waals surface area contributed by atoms with Crippen LogP contribution in [0.4, 0.5) is 10.2 Å². The van der Waals surface area contributed by atoms with Crippen LogP contribution < -0.4 is 15.0 Å². The smallest absolute Gasteiger partial charge is 0.165 e. The average Bonchev–Trinajstić information content (AvgIpc) is 2.89. The van der Waals surface area contributed by atoms with Gasteiger partial charge in [-0.05, 0) is 32.0 Å². The fraction of sp³-hybridized carbons (Fsp3) is 0.500. The van der Waals surface area contributed by atoms with Crippen LogP contribution >= 0.6 is 0 Å². The number of hydrogen-bond acceptors (Lipinski definition) is 5. The van der Waals surface area contributed by atoms with Crippen molar-refractivity contribution in [1.82, 2.24) is 15.3 Å². The molecule has 0 radical (unpaired) electrons. The second-order valence-corrected chi connectivity index (χ2v) is 7.00. The predicted molar refractivity (Wildman–Crippen MR) is 99.3 cm³/mol. The minimum Gasteiger partial charge on any atom is -0.487 e. The lowest BCUT2D eigenvalue weighted by Gasteiger charge is -2.34. The summed E-state index contributed by atoms with van der Waals surface area (Å²) in [6.45, 7) is 5.65. The van der Waals surface area contributed by atoms with E-state index in [0.29, 0.717) is 5.75 Å². The highest BCUT2D eigenvalue weighted by Crippen LogP contribution is 2.28. The third kappa shape index (κ3) is 3.65. The molecule has 0 aliphatic carbocycles. The number of anilines is 1. The number of piperidine rings is 1. The second kappa shape index (κ2) is 7.58. The van der Waals surface area contributed by atoms with Crippen LogP contribution in [-0.2, 0) is 12.8 Å². The number of fused-ring (bicyclic) bond motifs is 1. The molecular weight excluding hydrogens is 331 g/mol. The van der Waals surface area contributed by atoms with Crippen molar-refractivity contribution < 1.29 is 9.13 Å². The van der Waals surface area contributed by atoms with E-state index >= 15 is 0 Å². The Morgan fingerprint density at radius 1 is 1.12 bits per heavy atom. The number of hydrogen-bond donors (Lipinski definition) is 1. The van der Waals surface area contributed by atoms with Crippen molar-refractivity contribution in [3.8, 4) is 5.75 Å². The van der Waals surface area contributed by atoms with Crippen LogP contribution in [0.15, 0.2) is 24.3 Å². The molecule has 0 atom stereocenters. The van der Waals surface area contributed by atoms with Gasteiger partial charge in [0.1, 0.15) is 17.7 Å². The largest absolute Gasteiger partial charge is 0.487 e. The van der Waals surface area contributed by atoms with E-state index in [4.69, 9.17) is 9.72 Å². The quantitative estimate of drug-likeness (QED) is 0.916. The number of benzene rings is 1. The number of nitrogens with zero attached hydrogens (tertiary/aromatic N) is 3. The lowest BCUT2D eigenvalue weighted by atomic mass is 10.0. The molecule has 0 amide bonds. The van der Waals surface area contributed by atoms with Crippen molar-refractivity contribution in [2.75, 3.05) is 31.1 Å². The molecule has 6 heteroatoms. The fourth-order valence-electron chi connectivity index (χ4n) is 3.81. The topological polar surface area (TPSA) is 50.3 Å².